The van der Waals surface area contributed by atoms with Gasteiger partial charge < -0.3 is 58.8 Å². The van der Waals surface area contributed by atoms with Crippen LogP contribution in [0.2, 0.25) is 0 Å². The summed E-state index contributed by atoms with van der Waals surface area (Å²) >= 11 is 0. The Bertz CT molecular complexity index is 3700. The zero-order chi connectivity index (χ0) is 109. The maximum absolute atomic E-state index is 13.0. The first-order chi connectivity index (χ1) is 66.8. The normalized spacial score (nSPS) is 23.4. The average molecular weight is 2060 g/mol. The Balaban J connectivity index is 0.000000417. The molecule has 2 N–H and O–H groups in total. The van der Waals surface area contributed by atoms with E-state index >= 15 is 0 Å². The highest BCUT2D eigenvalue weighted by atomic mass is 19.4. The van der Waals surface area contributed by atoms with Crippen LogP contribution in [0.4, 0.5) is 44.3 Å². The summed E-state index contributed by atoms with van der Waals surface area (Å²) in [6, 6.07) is 5.10. The lowest BCUT2D eigenvalue weighted by Gasteiger charge is -2.47. The molecule has 9 saturated heterocycles. The van der Waals surface area contributed by atoms with Crippen LogP contribution in [0.1, 0.15) is 380 Å². The Morgan fingerprint density at radius 1 is 0.479 bits per heavy atom. The Labute approximate surface area is 868 Å². The summed E-state index contributed by atoms with van der Waals surface area (Å²) < 4.78 is 120. The molecule has 9 aliphatic heterocycles. The topological polar surface area (TPSA) is 227 Å². The molecule has 1 aromatic rings. The predicted octanol–water partition coefficient (Wildman–Crippen LogP) is 25.9. The van der Waals surface area contributed by atoms with E-state index in [0.29, 0.717) is 78.5 Å². The van der Waals surface area contributed by atoms with Gasteiger partial charge in [0.2, 0.25) is 23.6 Å². The molecule has 2 aliphatic carbocycles. The molecular weight excluding hydrogens is 1850 g/mol. The molecule has 10 heterocycles. The number of methoxy groups -OCH3 is 1. The van der Waals surface area contributed by atoms with Gasteiger partial charge in [0.1, 0.15) is 19.4 Å². The van der Waals surface area contributed by atoms with Crippen LogP contribution in [0.25, 0.3) is 0 Å². The molecule has 30 heteroatoms. The monoisotopic (exact) mass is 2060 g/mol. The molecule has 1 aromatic heterocycles. The van der Waals surface area contributed by atoms with Gasteiger partial charge in [-0.1, -0.05) is 186 Å². The van der Waals surface area contributed by atoms with Gasteiger partial charge in [0.05, 0.1) is 69.3 Å². The second kappa shape index (κ2) is 63.1. The summed E-state index contributed by atoms with van der Waals surface area (Å²) in [7, 11) is 1.41. The highest BCUT2D eigenvalue weighted by molar-refractivity contribution is 5.82. The van der Waals surface area contributed by atoms with Gasteiger partial charge >= 0.3 is 24.6 Å². The van der Waals surface area contributed by atoms with Gasteiger partial charge in [0.15, 0.2) is 0 Å². The molecule has 144 heavy (non-hydrogen) atoms. The summed E-state index contributed by atoms with van der Waals surface area (Å²) in [5, 5.41) is 29.8. The first-order valence-corrected chi connectivity index (χ1v) is 55.9. The van der Waals surface area contributed by atoms with Crippen LogP contribution in [-0.4, -0.2) is 264 Å². The van der Waals surface area contributed by atoms with Crippen molar-refractivity contribution in [2.24, 2.45) is 104 Å². The largest absolute Gasteiger partial charge is 0.453 e. The van der Waals surface area contributed by atoms with Gasteiger partial charge in [-0.3, -0.25) is 24.1 Å². The van der Waals surface area contributed by atoms with Crippen molar-refractivity contribution in [1.82, 2.24) is 54.1 Å². The number of ether oxygens (including phenoxy) is 2. The Morgan fingerprint density at radius 2 is 0.903 bits per heavy atom. The molecule has 0 radical (unpaired) electrons. The molecule has 12 rings (SSSR count). The number of amides is 5. The quantitative estimate of drug-likeness (QED) is 0.138. The molecule has 5 amide bonds. The number of imidazole rings is 1. The van der Waals surface area contributed by atoms with Crippen LogP contribution in [0.3, 0.4) is 0 Å². The number of likely N-dealkylation sites (tertiary alicyclic amines) is 8. The van der Waals surface area contributed by atoms with Gasteiger partial charge in [-0.15, -0.1) is 0 Å². The van der Waals surface area contributed by atoms with Crippen molar-refractivity contribution in [2.45, 2.75) is 428 Å². The van der Waals surface area contributed by atoms with E-state index in [4.69, 9.17) is 15.3 Å². The van der Waals surface area contributed by atoms with E-state index in [1.54, 1.807) is 12.5 Å². The lowest BCUT2D eigenvalue weighted by atomic mass is 9.63. The molecule has 21 nitrogen and oxygen atoms in total. The Hall–Kier alpha value is -5.53. The number of aliphatic hydroxyl groups is 1. The maximum Gasteiger partial charge on any atom is 0.407 e. The number of carbonyl (C=O) groups excluding carboxylic acids is 5. The van der Waals surface area contributed by atoms with E-state index in [1.165, 1.54) is 89.3 Å². The number of alkyl halides is 9. The lowest BCUT2D eigenvalue weighted by molar-refractivity contribution is -0.163. The number of nitrogens with one attached hydrogen (secondary N) is 1. The predicted molar refractivity (Wildman–Crippen MR) is 565 cm³/mol. The SMILES string of the molecule is CC.CC(C)(C)C1(C)CCN(C(=O)CC#N)CC1.CC(C)(C)C1CCN(C(=O)C2CCCCN2C2COC2)CC1.CC(C)(C)C1CCN(C(=O)CC(F)(F)F)CC1.CC(C)(C)C1CCN(CCC(F)(F)F)CC1.CC(C)(C)C1CCN(CCC(F)(F)F)CC1.CC(C)C1CCC(C(C)(C)O)CC1.CC(C)C1CCCCN(CCC#N)C1.CC1CCN(C(=O)Cn2ccnc2)CC1.COC(=O)N[C@@H]1CCC(C(C)C)C1. The van der Waals surface area contributed by atoms with Crippen molar-refractivity contribution < 1.29 is 78.1 Å². The molecule has 838 valence electrons. The second-order valence-electron chi connectivity index (χ2n) is 50.6. The van der Waals surface area contributed by atoms with Gasteiger partial charge in [-0.05, 0) is 304 Å². The molecule has 0 aromatic carbocycles. The molecule has 4 atom stereocenters. The Kier molecular flexibility index (Phi) is 58.1. The van der Waals surface area contributed by atoms with Crippen LogP contribution in [0, 0.1) is 126 Å². The number of aromatic nitrogens is 2. The summed E-state index contributed by atoms with van der Waals surface area (Å²) in [6.45, 7) is 76.0. The minimum absolute atomic E-state index is 0.0153. The van der Waals surface area contributed by atoms with Crippen molar-refractivity contribution in [3.05, 3.63) is 18.7 Å². The number of piperidine rings is 7. The van der Waals surface area contributed by atoms with E-state index in [0.717, 1.165) is 235 Å². The van der Waals surface area contributed by atoms with Crippen LogP contribution in [0.5, 0.6) is 0 Å². The van der Waals surface area contributed by atoms with Crippen molar-refractivity contribution in [3.63, 3.8) is 0 Å². The van der Waals surface area contributed by atoms with E-state index in [9.17, 15) is 68.6 Å². The lowest BCUT2D eigenvalue weighted by Crippen LogP contribution is -2.60. The van der Waals surface area contributed by atoms with E-state index in [2.05, 4.69) is 195 Å². The summed E-state index contributed by atoms with van der Waals surface area (Å²) in [5.74, 6) is 8.47. The van der Waals surface area contributed by atoms with E-state index in [-0.39, 0.29) is 65.1 Å². The number of rotatable bonds is 17. The fourth-order valence-electron chi connectivity index (χ4n) is 21.9. The average Bonchev–Trinajstić information content (AvgIpc) is 1.02. The third-order valence-electron chi connectivity index (χ3n) is 33.6. The highest BCUT2D eigenvalue weighted by Gasteiger charge is 2.45. The maximum atomic E-state index is 13.0. The first kappa shape index (κ1) is 133. The van der Waals surface area contributed by atoms with Crippen molar-refractivity contribution in [3.8, 4) is 12.1 Å². The number of alkyl carbamates (subject to hydrolysis) is 1. The summed E-state index contributed by atoms with van der Waals surface area (Å²) in [5.41, 5.74) is 1.23. The fraction of sp³-hybridized carbons (Fsp3) is 0.912. The number of halogens is 9. The third-order valence-corrected chi connectivity index (χ3v) is 33.6. The number of hydrogen-bond donors (Lipinski definition) is 2. The summed E-state index contributed by atoms with van der Waals surface area (Å²) in [6.07, 6.45) is 18.9. The standard InChI is InChI=1S/C18H32N2O2.C13H22N2O.C12H20F3NO.2C12H22F3N.C12H22N2.C12H24O.C11H17N3O.C10H19NO2.C2H6/c1-18(2,3)14-7-10-19(11-8-14)17(21)16-6-4-5-9-20(16)15-12-22-13-15;1-12(2,3)13(4)6-9-15(10-7-13)11(16)5-8-14;1-11(2,3)9-4-6-16(7-5-9)10(17)8-12(13,14)15;2*1-11(2,3)10-4-7-16(8-5-10)9-6-12(13,14)15;1-11(2)12-6-3-4-8-14(10-12)9-5-7-13;1-9(2)10-5-7-11(8-6-10)12(3,4)13;1-10-2-5-14(6-3-10)11(15)8-13-7-4-12-9-13;1-7(2)8-4-5-9(6-8)11-10(12)13-3;1-2/h14-16H,4-13H2,1-3H3;5-7,9-10H2,1-4H3;9H,4-8H2,1-3H3;2*10H,4-9H2,1-3H3;11-12H,3-6,8-10H2,1-2H3;9-11,13H,5-8H2,1-4H3;4,7,9-10H,2-3,5-6,8H2,1H3;7-9H,4-6H2,1-3H3,(H,11,12);1-2H3/t;;;;;;;;8?,9-;/m........1./s1. The molecular formula is C114H206F9N13O8. The van der Waals surface area contributed by atoms with Gasteiger partial charge in [-0.2, -0.15) is 50.0 Å². The third kappa shape index (κ3) is 52.0. The van der Waals surface area contributed by atoms with E-state index < -0.39 is 49.3 Å². The van der Waals surface area contributed by atoms with Crippen LogP contribution < -0.4 is 5.32 Å². The minimum atomic E-state index is -4.39. The highest BCUT2D eigenvalue weighted by Crippen LogP contribution is 2.48. The number of hydrogen-bond acceptors (Lipinski definition) is 15. The number of nitrogens with zero attached hydrogens (tertiary/aromatic N) is 12. The molecule has 11 fully saturated rings. The molecule has 2 saturated carbocycles. The van der Waals surface area contributed by atoms with Crippen molar-refractivity contribution >= 4 is 29.7 Å². The van der Waals surface area contributed by atoms with Crippen LogP contribution in [0.15, 0.2) is 18.7 Å². The van der Waals surface area contributed by atoms with Crippen LogP contribution in [-0.2, 0) is 35.2 Å². The number of nitriles is 2. The first-order valence-electron chi connectivity index (χ1n) is 55.9. The Morgan fingerprint density at radius 3 is 1.28 bits per heavy atom. The molecule has 11 aliphatic rings. The van der Waals surface area contributed by atoms with Gasteiger partial charge in [-0.25, -0.2) is 9.78 Å². The zero-order valence-corrected chi connectivity index (χ0v) is 95.5. The summed E-state index contributed by atoms with van der Waals surface area (Å²) in [4.78, 5) is 78.7. The fourth-order valence-corrected chi connectivity index (χ4v) is 21.9. The van der Waals surface area contributed by atoms with Crippen LogP contribution >= 0.6 is 0 Å². The van der Waals surface area contributed by atoms with Gasteiger partial charge in [0, 0.05) is 103 Å². The van der Waals surface area contributed by atoms with Gasteiger partial charge in [0.25, 0.3) is 0 Å². The molecule has 0 spiro atoms. The zero-order valence-electron chi connectivity index (χ0n) is 95.5. The van der Waals surface area contributed by atoms with E-state index in [1.807, 2.05) is 64.1 Å². The molecule has 0 bridgehead atoms. The number of carbonyl (C=O) groups is 5. The minimum Gasteiger partial charge on any atom is -0.453 e. The van der Waals surface area contributed by atoms with Crippen molar-refractivity contribution in [1.29, 1.82) is 10.5 Å². The molecule has 3 unspecified atom stereocenters. The second-order valence-corrected chi connectivity index (χ2v) is 50.6. The van der Waals surface area contributed by atoms with Crippen molar-refractivity contribution in [2.75, 3.05) is 138 Å². The smallest absolute Gasteiger partial charge is 0.407 e.